The third kappa shape index (κ3) is 3.15. The summed E-state index contributed by atoms with van der Waals surface area (Å²) in [5.41, 5.74) is 1.07. The minimum atomic E-state index is 0.153. The molecule has 1 fully saturated rings. The van der Waals surface area contributed by atoms with Crippen molar-refractivity contribution >= 4 is 23.0 Å². The largest absolute Gasteiger partial charge is 0.370 e. The minimum Gasteiger partial charge on any atom is -0.370 e. The number of anilines is 2. The summed E-state index contributed by atoms with van der Waals surface area (Å²) in [5, 5.41) is 9.91. The summed E-state index contributed by atoms with van der Waals surface area (Å²) in [6.45, 7) is 7.13. The van der Waals surface area contributed by atoms with E-state index in [-0.39, 0.29) is 6.04 Å². The van der Waals surface area contributed by atoms with Crippen LogP contribution >= 0.6 is 11.3 Å². The Morgan fingerprint density at radius 2 is 2.10 bits per heavy atom. The van der Waals surface area contributed by atoms with Crippen molar-refractivity contribution in [2.24, 2.45) is 0 Å². The van der Waals surface area contributed by atoms with Crippen molar-refractivity contribution in [1.29, 1.82) is 0 Å². The third-order valence-electron chi connectivity index (χ3n) is 3.62. The van der Waals surface area contributed by atoms with Gasteiger partial charge in [-0.3, -0.25) is 0 Å². The fourth-order valence-corrected chi connectivity index (χ4v) is 2.90. The summed E-state index contributed by atoms with van der Waals surface area (Å²) in [6, 6.07) is 0.153. The highest BCUT2D eigenvalue weighted by atomic mass is 32.1. The van der Waals surface area contributed by atoms with Crippen LogP contribution in [0.15, 0.2) is 11.6 Å². The van der Waals surface area contributed by atoms with Crippen LogP contribution in [0.25, 0.3) is 0 Å². The molecule has 1 aliphatic rings. The van der Waals surface area contributed by atoms with Gasteiger partial charge >= 0.3 is 0 Å². The molecular weight excluding hydrogens is 282 g/mol. The van der Waals surface area contributed by atoms with E-state index in [2.05, 4.69) is 41.4 Å². The van der Waals surface area contributed by atoms with E-state index in [9.17, 15) is 0 Å². The average Bonchev–Trinajstić information content (AvgIpc) is 3.17. The van der Waals surface area contributed by atoms with Crippen LogP contribution in [0, 0.1) is 6.92 Å². The highest BCUT2D eigenvalue weighted by molar-refractivity contribution is 7.09. The second-order valence-electron chi connectivity index (χ2n) is 5.44. The van der Waals surface area contributed by atoms with Crippen molar-refractivity contribution in [3.05, 3.63) is 28.0 Å². The molecule has 0 aliphatic heterocycles. The van der Waals surface area contributed by atoms with Crippen molar-refractivity contribution in [2.75, 3.05) is 17.2 Å². The topological polar surface area (TPSA) is 62.7 Å². The number of nitrogens with zero attached hydrogens (tertiary/aromatic N) is 3. The van der Waals surface area contributed by atoms with E-state index >= 15 is 0 Å². The lowest BCUT2D eigenvalue weighted by Gasteiger charge is -2.17. The van der Waals surface area contributed by atoms with E-state index in [4.69, 9.17) is 4.98 Å². The molecule has 0 bridgehead atoms. The normalized spacial score (nSPS) is 15.8. The molecule has 1 saturated carbocycles. The van der Waals surface area contributed by atoms with E-state index < -0.39 is 0 Å². The Hall–Kier alpha value is -1.69. The highest BCUT2D eigenvalue weighted by Gasteiger charge is 2.28. The average molecular weight is 303 g/mol. The molecule has 5 nitrogen and oxygen atoms in total. The highest BCUT2D eigenvalue weighted by Crippen LogP contribution is 2.39. The van der Waals surface area contributed by atoms with Gasteiger partial charge in [0.15, 0.2) is 0 Å². The summed E-state index contributed by atoms with van der Waals surface area (Å²) >= 11 is 1.66. The lowest BCUT2D eigenvalue weighted by atomic mass is 10.2. The third-order valence-corrected chi connectivity index (χ3v) is 4.58. The molecule has 2 aromatic rings. The van der Waals surface area contributed by atoms with Gasteiger partial charge in [0.1, 0.15) is 22.5 Å². The number of aromatic nitrogens is 3. The fraction of sp³-hybridized carbons (Fsp3) is 0.533. The first-order valence-electron chi connectivity index (χ1n) is 7.47. The molecular formula is C15H21N5S. The molecule has 0 saturated heterocycles. The standard InChI is InChI=1S/C15H21N5S/c1-4-16-12-9(2)13(20-14(19-12)11-5-6-11)18-10(3)15-17-7-8-21-15/h7-8,10-11H,4-6H2,1-3H3,(H2,16,18,19,20). The molecule has 0 amide bonds. The number of rotatable bonds is 6. The van der Waals surface area contributed by atoms with Crippen LogP contribution in [-0.2, 0) is 0 Å². The van der Waals surface area contributed by atoms with E-state index in [1.54, 1.807) is 11.3 Å². The molecule has 0 spiro atoms. The molecule has 1 aliphatic carbocycles. The summed E-state index contributed by atoms with van der Waals surface area (Å²) < 4.78 is 0. The Balaban J connectivity index is 1.88. The van der Waals surface area contributed by atoms with Crippen LogP contribution < -0.4 is 10.6 Å². The van der Waals surface area contributed by atoms with Crippen molar-refractivity contribution in [3.63, 3.8) is 0 Å². The summed E-state index contributed by atoms with van der Waals surface area (Å²) in [5.74, 6) is 3.37. The summed E-state index contributed by atoms with van der Waals surface area (Å²) in [4.78, 5) is 13.8. The Morgan fingerprint density at radius 3 is 2.71 bits per heavy atom. The smallest absolute Gasteiger partial charge is 0.136 e. The van der Waals surface area contributed by atoms with Crippen molar-refractivity contribution in [2.45, 2.75) is 45.6 Å². The number of hydrogen-bond acceptors (Lipinski definition) is 6. The SMILES string of the molecule is CCNc1nc(C2CC2)nc(NC(C)c2nccs2)c1C. The second-order valence-corrected chi connectivity index (χ2v) is 6.37. The van der Waals surface area contributed by atoms with Crippen molar-refractivity contribution in [1.82, 2.24) is 15.0 Å². The fourth-order valence-electron chi connectivity index (χ4n) is 2.25. The lowest BCUT2D eigenvalue weighted by Crippen LogP contribution is -2.13. The zero-order chi connectivity index (χ0) is 14.8. The predicted molar refractivity (Wildman–Crippen MR) is 87.1 cm³/mol. The maximum Gasteiger partial charge on any atom is 0.136 e. The van der Waals surface area contributed by atoms with Crippen LogP contribution in [-0.4, -0.2) is 21.5 Å². The number of thiazole rings is 1. The van der Waals surface area contributed by atoms with Crippen LogP contribution in [0.3, 0.4) is 0 Å². The van der Waals surface area contributed by atoms with Gasteiger partial charge < -0.3 is 10.6 Å². The van der Waals surface area contributed by atoms with Crippen LogP contribution in [0.4, 0.5) is 11.6 Å². The van der Waals surface area contributed by atoms with E-state index in [1.807, 2.05) is 11.6 Å². The van der Waals surface area contributed by atoms with Gasteiger partial charge in [0.25, 0.3) is 0 Å². The predicted octanol–water partition coefficient (Wildman–Crippen LogP) is 3.72. The molecule has 1 atom stereocenters. The Kier molecular flexibility index (Phi) is 4.05. The zero-order valence-corrected chi connectivity index (χ0v) is 13.5. The van der Waals surface area contributed by atoms with Crippen molar-refractivity contribution < 1.29 is 0 Å². The monoisotopic (exact) mass is 303 g/mol. The van der Waals surface area contributed by atoms with Crippen LogP contribution in [0.2, 0.25) is 0 Å². The van der Waals surface area contributed by atoms with Crippen molar-refractivity contribution in [3.8, 4) is 0 Å². The molecule has 2 aromatic heterocycles. The van der Waals surface area contributed by atoms with Crippen LogP contribution in [0.5, 0.6) is 0 Å². The molecule has 2 N–H and O–H groups in total. The Labute approximate surface area is 129 Å². The zero-order valence-electron chi connectivity index (χ0n) is 12.7. The molecule has 21 heavy (non-hydrogen) atoms. The van der Waals surface area contributed by atoms with Gasteiger partial charge in [0, 0.05) is 29.6 Å². The lowest BCUT2D eigenvalue weighted by molar-refractivity contribution is 0.839. The Morgan fingerprint density at radius 1 is 1.33 bits per heavy atom. The van der Waals surface area contributed by atoms with Gasteiger partial charge in [-0.1, -0.05) is 0 Å². The molecule has 1 unspecified atom stereocenters. The number of hydrogen-bond donors (Lipinski definition) is 2. The first-order valence-corrected chi connectivity index (χ1v) is 8.35. The van der Waals surface area contributed by atoms with E-state index in [1.165, 1.54) is 12.8 Å². The Bertz CT molecular complexity index is 607. The molecule has 112 valence electrons. The molecule has 3 rings (SSSR count). The van der Waals surface area contributed by atoms with Crippen LogP contribution in [0.1, 0.15) is 55.0 Å². The van der Waals surface area contributed by atoms with Gasteiger partial charge in [0.2, 0.25) is 0 Å². The van der Waals surface area contributed by atoms with Gasteiger partial charge in [-0.2, -0.15) is 0 Å². The number of nitrogens with one attached hydrogen (secondary N) is 2. The van der Waals surface area contributed by atoms with Gasteiger partial charge in [-0.05, 0) is 33.6 Å². The summed E-state index contributed by atoms with van der Waals surface area (Å²) in [6.07, 6.45) is 4.25. The first kappa shape index (κ1) is 14.3. The van der Waals surface area contributed by atoms with Gasteiger partial charge in [-0.15, -0.1) is 11.3 Å². The summed E-state index contributed by atoms with van der Waals surface area (Å²) in [7, 11) is 0. The molecule has 0 radical (unpaired) electrons. The maximum atomic E-state index is 4.74. The van der Waals surface area contributed by atoms with E-state index in [0.717, 1.165) is 34.6 Å². The maximum absolute atomic E-state index is 4.74. The minimum absolute atomic E-state index is 0.153. The molecule has 2 heterocycles. The van der Waals surface area contributed by atoms with Gasteiger partial charge in [0.05, 0.1) is 6.04 Å². The quantitative estimate of drug-likeness (QED) is 0.851. The molecule has 0 aromatic carbocycles. The molecule has 6 heteroatoms. The first-order chi connectivity index (χ1) is 10.2. The van der Waals surface area contributed by atoms with Gasteiger partial charge in [-0.25, -0.2) is 15.0 Å². The van der Waals surface area contributed by atoms with E-state index in [0.29, 0.717) is 5.92 Å². The second kappa shape index (κ2) is 5.97.